The molecule has 2 heterocycles. The monoisotopic (exact) mass is 245 g/mol. The highest BCUT2D eigenvalue weighted by atomic mass is 16.2. The number of aromatic nitrogens is 1. The molecular formula is C14H19N3O. The van der Waals surface area contributed by atoms with E-state index in [2.05, 4.69) is 15.6 Å². The van der Waals surface area contributed by atoms with Crippen LogP contribution in [0.5, 0.6) is 0 Å². The van der Waals surface area contributed by atoms with Gasteiger partial charge in [-0.25, -0.2) is 0 Å². The first-order valence-corrected chi connectivity index (χ1v) is 6.64. The number of rotatable bonds is 2. The van der Waals surface area contributed by atoms with E-state index in [9.17, 15) is 4.79 Å². The van der Waals surface area contributed by atoms with Gasteiger partial charge in [-0.3, -0.25) is 9.78 Å². The van der Waals surface area contributed by atoms with Gasteiger partial charge >= 0.3 is 0 Å². The largest absolute Gasteiger partial charge is 0.324 e. The standard InChI is InChI=1S/C14H19N3O/c1-10-12(3-2-6-16-10)17-13(18)11-9-14(11)4-7-15-8-5-14/h2-3,6,11,15H,4-5,7-9H2,1H3,(H,17,18). The summed E-state index contributed by atoms with van der Waals surface area (Å²) in [5, 5.41) is 6.38. The Morgan fingerprint density at radius 3 is 3.00 bits per heavy atom. The van der Waals surface area contributed by atoms with Gasteiger partial charge < -0.3 is 10.6 Å². The lowest BCUT2D eigenvalue weighted by Gasteiger charge is -2.23. The van der Waals surface area contributed by atoms with Gasteiger partial charge in [-0.1, -0.05) is 0 Å². The van der Waals surface area contributed by atoms with Crippen LogP contribution in [0.15, 0.2) is 18.3 Å². The predicted molar refractivity (Wildman–Crippen MR) is 70.2 cm³/mol. The fourth-order valence-electron chi connectivity index (χ4n) is 3.03. The average molecular weight is 245 g/mol. The van der Waals surface area contributed by atoms with Crippen molar-refractivity contribution >= 4 is 11.6 Å². The molecular weight excluding hydrogens is 226 g/mol. The maximum atomic E-state index is 12.2. The van der Waals surface area contributed by atoms with Crippen molar-refractivity contribution in [2.75, 3.05) is 18.4 Å². The topological polar surface area (TPSA) is 54.0 Å². The number of carbonyl (C=O) groups is 1. The first kappa shape index (κ1) is 11.7. The smallest absolute Gasteiger partial charge is 0.228 e. The fourth-order valence-corrected chi connectivity index (χ4v) is 3.03. The van der Waals surface area contributed by atoms with Gasteiger partial charge in [0.1, 0.15) is 0 Å². The molecule has 2 fully saturated rings. The molecule has 0 bridgehead atoms. The molecule has 1 aromatic rings. The summed E-state index contributed by atoms with van der Waals surface area (Å²) in [6.45, 7) is 4.02. The van der Waals surface area contributed by atoms with Crippen LogP contribution in [0.3, 0.4) is 0 Å². The lowest BCUT2D eigenvalue weighted by molar-refractivity contribution is -0.118. The Bertz CT molecular complexity index is 466. The Morgan fingerprint density at radius 2 is 2.28 bits per heavy atom. The van der Waals surface area contributed by atoms with Gasteiger partial charge in [0.05, 0.1) is 11.4 Å². The Morgan fingerprint density at radius 1 is 1.50 bits per heavy atom. The molecule has 1 saturated carbocycles. The summed E-state index contributed by atoms with van der Waals surface area (Å²) in [4.78, 5) is 16.4. The summed E-state index contributed by atoms with van der Waals surface area (Å²) in [6, 6.07) is 3.77. The number of nitrogens with zero attached hydrogens (tertiary/aromatic N) is 1. The maximum Gasteiger partial charge on any atom is 0.228 e. The molecule has 1 unspecified atom stereocenters. The predicted octanol–water partition coefficient (Wildman–Crippen LogP) is 1.72. The summed E-state index contributed by atoms with van der Waals surface area (Å²) >= 11 is 0. The zero-order valence-corrected chi connectivity index (χ0v) is 10.7. The van der Waals surface area contributed by atoms with E-state index >= 15 is 0 Å². The van der Waals surface area contributed by atoms with Crippen LogP contribution in [0.25, 0.3) is 0 Å². The SMILES string of the molecule is Cc1ncccc1NC(=O)C1CC12CCNCC2. The van der Waals surface area contributed by atoms with Crippen molar-refractivity contribution in [1.82, 2.24) is 10.3 Å². The van der Waals surface area contributed by atoms with E-state index in [4.69, 9.17) is 0 Å². The third-order valence-electron chi connectivity index (χ3n) is 4.37. The molecule has 4 heteroatoms. The van der Waals surface area contributed by atoms with Crippen molar-refractivity contribution < 1.29 is 4.79 Å². The molecule has 2 aliphatic rings. The molecule has 1 amide bonds. The third-order valence-corrected chi connectivity index (χ3v) is 4.37. The Balaban J connectivity index is 1.65. The number of amides is 1. The Hall–Kier alpha value is -1.42. The normalized spacial score (nSPS) is 24.8. The second-order valence-corrected chi connectivity index (χ2v) is 5.49. The van der Waals surface area contributed by atoms with E-state index in [1.54, 1.807) is 6.20 Å². The second kappa shape index (κ2) is 4.35. The maximum absolute atomic E-state index is 12.2. The van der Waals surface area contributed by atoms with Crippen LogP contribution in [0.2, 0.25) is 0 Å². The minimum absolute atomic E-state index is 0.174. The van der Waals surface area contributed by atoms with Crippen molar-refractivity contribution in [3.05, 3.63) is 24.0 Å². The van der Waals surface area contributed by atoms with Crippen LogP contribution < -0.4 is 10.6 Å². The van der Waals surface area contributed by atoms with E-state index in [1.165, 1.54) is 0 Å². The lowest BCUT2D eigenvalue weighted by Crippen LogP contribution is -2.31. The highest BCUT2D eigenvalue weighted by molar-refractivity contribution is 5.95. The van der Waals surface area contributed by atoms with E-state index < -0.39 is 0 Å². The summed E-state index contributed by atoms with van der Waals surface area (Å²) in [6.07, 6.45) is 5.07. The number of nitrogens with one attached hydrogen (secondary N) is 2. The van der Waals surface area contributed by atoms with Crippen molar-refractivity contribution in [3.63, 3.8) is 0 Å². The number of hydrogen-bond donors (Lipinski definition) is 2. The molecule has 1 saturated heterocycles. The van der Waals surface area contributed by atoms with Gasteiger partial charge in [0.2, 0.25) is 5.91 Å². The minimum atomic E-state index is 0.174. The summed E-state index contributed by atoms with van der Waals surface area (Å²) in [7, 11) is 0. The molecule has 1 atom stereocenters. The second-order valence-electron chi connectivity index (χ2n) is 5.49. The third kappa shape index (κ3) is 2.01. The van der Waals surface area contributed by atoms with Gasteiger partial charge in [0.15, 0.2) is 0 Å². The average Bonchev–Trinajstić information content (AvgIpc) is 3.07. The van der Waals surface area contributed by atoms with Gasteiger partial charge in [-0.2, -0.15) is 0 Å². The highest BCUT2D eigenvalue weighted by Crippen LogP contribution is 2.58. The molecule has 0 aromatic carbocycles. The van der Waals surface area contributed by atoms with Gasteiger partial charge in [0.25, 0.3) is 0 Å². The number of aryl methyl sites for hydroxylation is 1. The minimum Gasteiger partial charge on any atom is -0.324 e. The van der Waals surface area contributed by atoms with Crippen molar-refractivity contribution in [2.45, 2.75) is 26.2 Å². The van der Waals surface area contributed by atoms with Crippen LogP contribution in [-0.2, 0) is 4.79 Å². The van der Waals surface area contributed by atoms with Crippen molar-refractivity contribution in [3.8, 4) is 0 Å². The molecule has 18 heavy (non-hydrogen) atoms. The number of pyridine rings is 1. The van der Waals surface area contributed by atoms with Gasteiger partial charge in [-0.15, -0.1) is 0 Å². The Labute approximate surface area is 107 Å². The zero-order valence-electron chi connectivity index (χ0n) is 10.7. The van der Waals surface area contributed by atoms with Crippen LogP contribution in [0.4, 0.5) is 5.69 Å². The van der Waals surface area contributed by atoms with Gasteiger partial charge in [0, 0.05) is 12.1 Å². The van der Waals surface area contributed by atoms with E-state index in [1.807, 2.05) is 19.1 Å². The lowest BCUT2D eigenvalue weighted by atomic mass is 9.92. The molecule has 1 aliphatic heterocycles. The van der Waals surface area contributed by atoms with E-state index in [0.29, 0.717) is 5.41 Å². The summed E-state index contributed by atoms with van der Waals surface area (Å²) in [5.74, 6) is 0.382. The first-order valence-electron chi connectivity index (χ1n) is 6.64. The molecule has 1 spiro atoms. The molecule has 1 aliphatic carbocycles. The molecule has 96 valence electrons. The first-order chi connectivity index (χ1) is 8.71. The molecule has 4 nitrogen and oxygen atoms in total. The highest BCUT2D eigenvalue weighted by Gasteiger charge is 2.57. The van der Waals surface area contributed by atoms with Crippen LogP contribution in [-0.4, -0.2) is 24.0 Å². The van der Waals surface area contributed by atoms with Crippen LogP contribution in [0.1, 0.15) is 25.0 Å². The van der Waals surface area contributed by atoms with Crippen molar-refractivity contribution in [1.29, 1.82) is 0 Å². The fraction of sp³-hybridized carbons (Fsp3) is 0.571. The van der Waals surface area contributed by atoms with Crippen LogP contribution in [0, 0.1) is 18.3 Å². The molecule has 2 N–H and O–H groups in total. The molecule has 1 aromatic heterocycles. The zero-order chi connectivity index (χ0) is 12.6. The van der Waals surface area contributed by atoms with Crippen molar-refractivity contribution in [2.24, 2.45) is 11.3 Å². The van der Waals surface area contributed by atoms with E-state index in [0.717, 1.165) is 43.7 Å². The van der Waals surface area contributed by atoms with E-state index in [-0.39, 0.29) is 11.8 Å². The number of carbonyl (C=O) groups excluding carboxylic acids is 1. The molecule has 3 rings (SSSR count). The number of piperidine rings is 1. The number of hydrogen-bond acceptors (Lipinski definition) is 3. The molecule has 0 radical (unpaired) electrons. The Kier molecular flexibility index (Phi) is 2.82. The summed E-state index contributed by atoms with van der Waals surface area (Å²) in [5.41, 5.74) is 2.02. The summed E-state index contributed by atoms with van der Waals surface area (Å²) < 4.78 is 0. The van der Waals surface area contributed by atoms with Crippen LogP contribution >= 0.6 is 0 Å². The van der Waals surface area contributed by atoms with Gasteiger partial charge in [-0.05, 0) is 56.8 Å². The number of anilines is 1. The quantitative estimate of drug-likeness (QED) is 0.834.